The van der Waals surface area contributed by atoms with Crippen LogP contribution in [0.2, 0.25) is 0 Å². The van der Waals surface area contributed by atoms with E-state index in [4.69, 9.17) is 9.47 Å². The van der Waals surface area contributed by atoms with Crippen molar-refractivity contribution in [2.45, 2.75) is 20.3 Å². The van der Waals surface area contributed by atoms with Gasteiger partial charge in [0, 0.05) is 22.1 Å². The number of aryl methyl sites for hydroxylation is 2. The molecule has 8 heteroatoms. The largest absolute Gasteiger partial charge is 0.424 e. The van der Waals surface area contributed by atoms with Crippen LogP contribution in [0.15, 0.2) is 291 Å². The first-order chi connectivity index (χ1) is 45.8. The average Bonchev–Trinajstić information content (AvgIpc) is 0.707. The van der Waals surface area contributed by atoms with Gasteiger partial charge in [0.25, 0.3) is 0 Å². The average molecular weight is 1190 g/mol. The Labute approximate surface area is 540 Å². The van der Waals surface area contributed by atoms with E-state index in [0.29, 0.717) is 17.9 Å². The van der Waals surface area contributed by atoms with E-state index in [1.807, 2.05) is 35.2 Å². The molecule has 4 aliphatic rings. The summed E-state index contributed by atoms with van der Waals surface area (Å²) in [6.07, 6.45) is -0.192. The third-order valence-corrected chi connectivity index (χ3v) is 19.7. The highest BCUT2D eigenvalue weighted by atomic mass is 16.6. The van der Waals surface area contributed by atoms with E-state index in [-0.39, 0.29) is 13.4 Å². The molecule has 0 spiro atoms. The lowest BCUT2D eigenvalue weighted by atomic mass is 9.33. The maximum Gasteiger partial charge on any atom is 0.424 e. The zero-order valence-corrected chi connectivity index (χ0v) is 51.1. The van der Waals surface area contributed by atoms with Crippen LogP contribution in [0.3, 0.4) is 0 Å². The summed E-state index contributed by atoms with van der Waals surface area (Å²) in [5.41, 5.74) is 27.6. The Balaban J connectivity index is 0.826. The molecular weight excluding hydrogens is 1130 g/mol. The van der Waals surface area contributed by atoms with Crippen molar-refractivity contribution in [1.82, 2.24) is 0 Å². The number of hydrogen-bond acceptors (Lipinski definition) is 4. The predicted octanol–water partition coefficient (Wildman–Crippen LogP) is 17.2. The number of anilines is 4. The normalized spacial score (nSPS) is 13.2. The van der Waals surface area contributed by atoms with E-state index in [2.05, 4.69) is 275 Å². The fourth-order valence-electron chi connectivity index (χ4n) is 15.7. The summed E-state index contributed by atoms with van der Waals surface area (Å²) in [7, 11) is 0. The molecule has 4 heterocycles. The second-order valence-corrected chi connectivity index (χ2v) is 25.1. The number of ether oxygens (including phenoxy) is 2. The van der Waals surface area contributed by atoms with Crippen LogP contribution >= 0.6 is 0 Å². The molecule has 0 N–H and O–H groups in total. The molecule has 6 nitrogen and oxygen atoms in total. The van der Waals surface area contributed by atoms with E-state index in [0.717, 1.165) is 144 Å². The summed E-state index contributed by atoms with van der Waals surface area (Å²) < 4.78 is 12.6. The minimum atomic E-state index is -0.441. The minimum Gasteiger partial charge on any atom is -0.409 e. The van der Waals surface area contributed by atoms with Gasteiger partial charge in [-0.3, -0.25) is 0 Å². The molecular formula is C85H56B2N2O4. The van der Waals surface area contributed by atoms with Crippen molar-refractivity contribution in [3.63, 3.8) is 0 Å². The van der Waals surface area contributed by atoms with Crippen LogP contribution in [-0.2, 0) is 6.42 Å². The summed E-state index contributed by atoms with van der Waals surface area (Å²) in [6, 6.07) is 104. The molecule has 0 atom stereocenters. The smallest absolute Gasteiger partial charge is 0.409 e. The van der Waals surface area contributed by atoms with Crippen molar-refractivity contribution < 1.29 is 19.1 Å². The second kappa shape index (κ2) is 21.5. The number of rotatable bonds is 10. The maximum absolute atomic E-state index is 15.2. The van der Waals surface area contributed by atoms with E-state index in [1.54, 1.807) is 4.90 Å². The molecule has 14 aromatic rings. The molecule has 0 radical (unpaired) electrons. The molecule has 4 aliphatic heterocycles. The standard InChI is InChI=1S/C85H56B2N2O4/c1-52-44-53(2)80(86-70-41-38-61-30-18-32-76-78(61)82(70)88(84(90)92-76)74-43-40-63(49-72(74)86)55-20-8-3-9-21-55)65(45-52)46-54-34-36-60(37-35-54)67-51-75-73(50-66(67)57-24-12-5-13-25-57)87(71-42-39-62-31-19-33-77-79(62)83(71)89(75)85(91)93-77)81-68(58-26-14-6-15-27-58)47-64(56-22-10-4-11-23-56)48-69(81)59-28-16-7-17-29-59/h3-45,47-51H,46H2,1-2H3. The predicted molar refractivity (Wildman–Crippen MR) is 384 cm³/mol. The van der Waals surface area contributed by atoms with Crippen molar-refractivity contribution in [3.05, 3.63) is 313 Å². The van der Waals surface area contributed by atoms with Crippen LogP contribution in [0, 0.1) is 13.8 Å². The Morgan fingerprint density at radius 3 is 1.33 bits per heavy atom. The van der Waals surface area contributed by atoms with E-state index in [9.17, 15) is 4.79 Å². The fourth-order valence-corrected chi connectivity index (χ4v) is 15.7. The zero-order chi connectivity index (χ0) is 62.0. The number of fused-ring (bicyclic) bond motifs is 4. The molecule has 0 unspecified atom stereocenters. The topological polar surface area (TPSA) is 59.1 Å². The van der Waals surface area contributed by atoms with Crippen molar-refractivity contribution in [2.75, 3.05) is 9.80 Å². The number of benzene rings is 14. The highest BCUT2D eigenvalue weighted by Crippen LogP contribution is 2.48. The van der Waals surface area contributed by atoms with Crippen LogP contribution in [-0.4, -0.2) is 25.6 Å². The Kier molecular flexibility index (Phi) is 12.5. The van der Waals surface area contributed by atoms with Gasteiger partial charge >= 0.3 is 12.2 Å². The van der Waals surface area contributed by atoms with Crippen LogP contribution in [0.25, 0.3) is 88.3 Å². The quantitative estimate of drug-likeness (QED) is 0.128. The second-order valence-electron chi connectivity index (χ2n) is 25.1. The molecule has 2 amide bonds. The van der Waals surface area contributed by atoms with Gasteiger partial charge in [0.05, 0.1) is 11.4 Å². The van der Waals surface area contributed by atoms with Crippen LogP contribution in [0.1, 0.15) is 22.3 Å². The van der Waals surface area contributed by atoms with Crippen molar-refractivity contribution in [3.8, 4) is 78.3 Å². The number of carbonyl (C=O) groups is 2. The first-order valence-electron chi connectivity index (χ1n) is 31.9. The summed E-state index contributed by atoms with van der Waals surface area (Å²) in [5, 5.41) is 3.87. The van der Waals surface area contributed by atoms with Gasteiger partial charge in [-0.05, 0) is 167 Å². The van der Waals surface area contributed by atoms with Crippen LogP contribution in [0.4, 0.5) is 32.3 Å². The lowest BCUT2D eigenvalue weighted by Gasteiger charge is -2.40. The monoisotopic (exact) mass is 1190 g/mol. The minimum absolute atomic E-state index is 0.213. The van der Waals surface area contributed by atoms with E-state index >= 15 is 4.79 Å². The summed E-state index contributed by atoms with van der Waals surface area (Å²) in [5.74, 6) is 1.13. The van der Waals surface area contributed by atoms with Gasteiger partial charge in [0.1, 0.15) is 11.5 Å². The molecule has 0 aliphatic carbocycles. The SMILES string of the molecule is Cc1cc(C)c(B2c3cc(-c4ccccc4)ccc3N3C(=O)Oc4cccc5ccc2c3c45)c(Cc2ccc(-c3cc4c(cc3-c3ccccc3)B(c3c(-c5ccccc5)cc(-c5ccccc5)cc3-c3ccccc3)c3ccc5cccc6c5c3N4C(=O)O6)cc2)c1. The zero-order valence-electron chi connectivity index (χ0n) is 51.1. The summed E-state index contributed by atoms with van der Waals surface area (Å²) in [4.78, 5) is 33.2. The van der Waals surface area contributed by atoms with Crippen LogP contribution < -0.4 is 52.1 Å². The molecule has 436 valence electrons. The van der Waals surface area contributed by atoms with Gasteiger partial charge in [-0.25, -0.2) is 19.4 Å². The molecule has 0 bridgehead atoms. The third-order valence-electron chi connectivity index (χ3n) is 19.7. The molecule has 93 heavy (non-hydrogen) atoms. The number of nitrogens with zero attached hydrogens (tertiary/aromatic N) is 2. The van der Waals surface area contributed by atoms with E-state index in [1.165, 1.54) is 22.2 Å². The van der Waals surface area contributed by atoms with Gasteiger partial charge in [0.15, 0.2) is 0 Å². The van der Waals surface area contributed by atoms with Gasteiger partial charge < -0.3 is 9.47 Å². The van der Waals surface area contributed by atoms with Crippen molar-refractivity contribution >= 4 is 103 Å². The molecule has 0 saturated carbocycles. The van der Waals surface area contributed by atoms with Gasteiger partial charge in [-0.1, -0.05) is 277 Å². The van der Waals surface area contributed by atoms with Gasteiger partial charge in [-0.2, -0.15) is 0 Å². The summed E-state index contributed by atoms with van der Waals surface area (Å²) in [6.45, 7) is 3.86. The van der Waals surface area contributed by atoms with Gasteiger partial charge in [0.2, 0.25) is 13.4 Å². The lowest BCUT2D eigenvalue weighted by Crippen LogP contribution is -2.61. The third kappa shape index (κ3) is 8.73. The molecule has 0 aromatic heterocycles. The first-order valence-corrected chi connectivity index (χ1v) is 31.9. The molecule has 0 fully saturated rings. The lowest BCUT2D eigenvalue weighted by molar-refractivity contribution is 0.209. The fraction of sp³-hybridized carbons (Fsp3) is 0.0353. The Morgan fingerprint density at radius 2 is 0.785 bits per heavy atom. The Hall–Kier alpha value is -11.7. The first kappa shape index (κ1) is 54.2. The number of amides is 2. The van der Waals surface area contributed by atoms with Gasteiger partial charge in [-0.15, -0.1) is 0 Å². The molecule has 0 saturated heterocycles. The van der Waals surface area contributed by atoms with E-state index < -0.39 is 12.2 Å². The van der Waals surface area contributed by atoms with Crippen molar-refractivity contribution in [1.29, 1.82) is 0 Å². The number of carbonyl (C=O) groups excluding carboxylic acids is 2. The van der Waals surface area contributed by atoms with Crippen LogP contribution in [0.5, 0.6) is 11.5 Å². The highest BCUT2D eigenvalue weighted by molar-refractivity contribution is 7.00. The Bertz CT molecular complexity index is 5370. The molecule has 18 rings (SSSR count). The Morgan fingerprint density at radius 1 is 0.333 bits per heavy atom. The van der Waals surface area contributed by atoms with Crippen molar-refractivity contribution in [2.24, 2.45) is 0 Å². The number of hydrogen-bond donors (Lipinski definition) is 0. The molecule has 14 aromatic carbocycles. The maximum atomic E-state index is 15.2. The highest BCUT2D eigenvalue weighted by Gasteiger charge is 2.46. The summed E-state index contributed by atoms with van der Waals surface area (Å²) >= 11 is 0.